The molecule has 19 heavy (non-hydrogen) atoms. The first-order chi connectivity index (χ1) is 8.15. The van der Waals surface area contributed by atoms with E-state index in [0.717, 1.165) is 25.7 Å². The molecule has 1 saturated carbocycles. The van der Waals surface area contributed by atoms with E-state index in [0.29, 0.717) is 11.4 Å². The normalized spacial score (nSPS) is 15.9. The van der Waals surface area contributed by atoms with Crippen LogP contribution in [0.1, 0.15) is 25.7 Å². The maximum absolute atomic E-state index is 12.1. The summed E-state index contributed by atoms with van der Waals surface area (Å²) in [6.07, 6.45) is 6.67. The number of nitrogens with one attached hydrogen (secondary N) is 1. The number of methoxy groups -OCH3 is 1. The van der Waals surface area contributed by atoms with Crippen LogP contribution in [0, 0.1) is 0 Å². The number of ether oxygens (including phenoxy) is 1. The Hall–Kier alpha value is -1.04. The number of anilines is 1. The minimum absolute atomic E-state index is 0. The van der Waals surface area contributed by atoms with Crippen molar-refractivity contribution >= 4 is 36.4 Å². The molecule has 1 aromatic heterocycles. The fourth-order valence-corrected chi connectivity index (χ4v) is 2.13. The lowest BCUT2D eigenvalue weighted by molar-refractivity contribution is -0.121. The molecule has 1 aromatic rings. The van der Waals surface area contributed by atoms with Gasteiger partial charge < -0.3 is 15.8 Å². The zero-order chi connectivity index (χ0) is 12.3. The molecule has 0 aliphatic heterocycles. The van der Waals surface area contributed by atoms with Crippen molar-refractivity contribution in [1.82, 2.24) is 4.98 Å². The van der Waals surface area contributed by atoms with Gasteiger partial charge in [0.05, 0.1) is 18.8 Å². The lowest BCUT2D eigenvalue weighted by Gasteiger charge is -2.22. The maximum Gasteiger partial charge on any atom is 0.244 e. The molecular weight excluding hydrogens is 289 g/mol. The molecule has 1 fully saturated rings. The number of hydrogen-bond acceptors (Lipinski definition) is 4. The third-order valence-corrected chi connectivity index (χ3v) is 3.20. The first kappa shape index (κ1) is 18.0. The van der Waals surface area contributed by atoms with Crippen LogP contribution in [0.5, 0.6) is 5.75 Å². The molecule has 1 amide bonds. The van der Waals surface area contributed by atoms with Crippen molar-refractivity contribution in [2.45, 2.75) is 31.2 Å². The van der Waals surface area contributed by atoms with Gasteiger partial charge in [-0.15, -0.1) is 24.8 Å². The van der Waals surface area contributed by atoms with Gasteiger partial charge in [0.25, 0.3) is 0 Å². The van der Waals surface area contributed by atoms with Crippen molar-refractivity contribution < 1.29 is 9.53 Å². The highest BCUT2D eigenvalue weighted by atomic mass is 35.5. The third-order valence-electron chi connectivity index (χ3n) is 3.20. The summed E-state index contributed by atoms with van der Waals surface area (Å²) in [5.74, 6) is 0.441. The number of rotatable bonds is 3. The number of aromatic nitrogens is 1. The molecule has 1 heterocycles. The van der Waals surface area contributed by atoms with E-state index < -0.39 is 5.54 Å². The molecular formula is C12H19Cl2N3O2. The molecule has 0 bridgehead atoms. The summed E-state index contributed by atoms with van der Waals surface area (Å²) in [4.78, 5) is 16.0. The molecule has 0 saturated heterocycles. The molecule has 2 rings (SSSR count). The van der Waals surface area contributed by atoms with Crippen LogP contribution in [0.15, 0.2) is 18.5 Å². The number of nitrogens with zero attached hydrogens (tertiary/aromatic N) is 1. The van der Waals surface area contributed by atoms with Gasteiger partial charge >= 0.3 is 0 Å². The monoisotopic (exact) mass is 307 g/mol. The smallest absolute Gasteiger partial charge is 0.244 e. The minimum Gasteiger partial charge on any atom is -0.494 e. The van der Waals surface area contributed by atoms with E-state index in [4.69, 9.17) is 10.5 Å². The van der Waals surface area contributed by atoms with E-state index in [-0.39, 0.29) is 30.7 Å². The molecule has 0 atom stereocenters. The van der Waals surface area contributed by atoms with Crippen LogP contribution in [0.3, 0.4) is 0 Å². The van der Waals surface area contributed by atoms with E-state index in [2.05, 4.69) is 10.3 Å². The summed E-state index contributed by atoms with van der Waals surface area (Å²) in [6.45, 7) is 0. The average Bonchev–Trinajstić information content (AvgIpc) is 2.78. The van der Waals surface area contributed by atoms with Gasteiger partial charge in [0.15, 0.2) is 0 Å². The number of nitrogens with two attached hydrogens (primary N) is 1. The van der Waals surface area contributed by atoms with Crippen molar-refractivity contribution in [2.24, 2.45) is 5.73 Å². The Bertz CT molecular complexity index is 423. The first-order valence-corrected chi connectivity index (χ1v) is 5.74. The van der Waals surface area contributed by atoms with E-state index in [1.54, 1.807) is 25.6 Å². The summed E-state index contributed by atoms with van der Waals surface area (Å²) >= 11 is 0. The molecule has 108 valence electrons. The predicted molar refractivity (Wildman–Crippen MR) is 79.3 cm³/mol. The fourth-order valence-electron chi connectivity index (χ4n) is 2.13. The number of carbonyl (C=O) groups excluding carboxylic acids is 1. The number of amides is 1. The first-order valence-electron chi connectivity index (χ1n) is 5.74. The van der Waals surface area contributed by atoms with Crippen LogP contribution < -0.4 is 15.8 Å². The molecule has 7 heteroatoms. The summed E-state index contributed by atoms with van der Waals surface area (Å²) in [5.41, 5.74) is 5.90. The zero-order valence-electron chi connectivity index (χ0n) is 10.7. The topological polar surface area (TPSA) is 77.2 Å². The predicted octanol–water partition coefficient (Wildman–Crippen LogP) is 2.14. The van der Waals surface area contributed by atoms with Gasteiger partial charge in [0.1, 0.15) is 11.4 Å². The zero-order valence-corrected chi connectivity index (χ0v) is 12.4. The van der Waals surface area contributed by atoms with Gasteiger partial charge in [-0.25, -0.2) is 0 Å². The van der Waals surface area contributed by atoms with Crippen molar-refractivity contribution in [1.29, 1.82) is 0 Å². The van der Waals surface area contributed by atoms with Crippen LogP contribution in [-0.2, 0) is 4.79 Å². The lowest BCUT2D eigenvalue weighted by atomic mass is 9.98. The van der Waals surface area contributed by atoms with Crippen molar-refractivity contribution in [3.8, 4) is 5.75 Å². The van der Waals surface area contributed by atoms with Gasteiger partial charge in [0.2, 0.25) is 5.91 Å². The second-order valence-electron chi connectivity index (χ2n) is 4.39. The number of hydrogen-bond donors (Lipinski definition) is 2. The highest BCUT2D eigenvalue weighted by molar-refractivity contribution is 5.99. The third kappa shape index (κ3) is 3.96. The molecule has 0 aromatic carbocycles. The molecule has 5 nitrogen and oxygen atoms in total. The number of carbonyl (C=O) groups is 1. The maximum atomic E-state index is 12.1. The average molecular weight is 308 g/mol. The van der Waals surface area contributed by atoms with Crippen molar-refractivity contribution in [2.75, 3.05) is 12.4 Å². The molecule has 1 aliphatic carbocycles. The lowest BCUT2D eigenvalue weighted by Crippen LogP contribution is -2.48. The van der Waals surface area contributed by atoms with Gasteiger partial charge in [-0.2, -0.15) is 0 Å². The van der Waals surface area contributed by atoms with Crippen molar-refractivity contribution in [3.63, 3.8) is 0 Å². The quantitative estimate of drug-likeness (QED) is 0.897. The Morgan fingerprint density at radius 3 is 2.63 bits per heavy atom. The van der Waals surface area contributed by atoms with Crippen LogP contribution in [0.2, 0.25) is 0 Å². The van der Waals surface area contributed by atoms with Gasteiger partial charge in [-0.3, -0.25) is 9.78 Å². The van der Waals surface area contributed by atoms with E-state index in [1.807, 2.05) is 0 Å². The summed E-state index contributed by atoms with van der Waals surface area (Å²) in [7, 11) is 1.55. The summed E-state index contributed by atoms with van der Waals surface area (Å²) in [5, 5.41) is 2.79. The Morgan fingerprint density at radius 2 is 2.05 bits per heavy atom. The van der Waals surface area contributed by atoms with Gasteiger partial charge in [-0.1, -0.05) is 12.8 Å². The van der Waals surface area contributed by atoms with Crippen molar-refractivity contribution in [3.05, 3.63) is 18.5 Å². The van der Waals surface area contributed by atoms with Gasteiger partial charge in [-0.05, 0) is 12.8 Å². The second kappa shape index (κ2) is 7.53. The van der Waals surface area contributed by atoms with Gasteiger partial charge in [0, 0.05) is 12.3 Å². The van der Waals surface area contributed by atoms with Crippen LogP contribution in [0.4, 0.5) is 5.69 Å². The highest BCUT2D eigenvalue weighted by Crippen LogP contribution is 2.30. The molecule has 1 aliphatic rings. The second-order valence-corrected chi connectivity index (χ2v) is 4.39. The molecule has 0 unspecified atom stereocenters. The minimum atomic E-state index is -0.735. The van der Waals surface area contributed by atoms with E-state index >= 15 is 0 Å². The Kier molecular flexibility index (Phi) is 7.11. The highest BCUT2D eigenvalue weighted by Gasteiger charge is 2.37. The van der Waals surface area contributed by atoms with Crippen LogP contribution in [-0.4, -0.2) is 23.5 Å². The van der Waals surface area contributed by atoms with Crippen LogP contribution in [0.25, 0.3) is 0 Å². The summed E-state index contributed by atoms with van der Waals surface area (Å²) < 4.78 is 5.15. The standard InChI is InChI=1S/C12H17N3O2.2ClH/c1-17-10-4-7-14-8-9(10)15-11(16)12(13)5-2-3-6-12;;/h4,7-8H,2-3,5-6,13H2,1H3,(H,15,16);2*1H. The Labute approximate surface area is 125 Å². The number of halogens is 2. The van der Waals surface area contributed by atoms with Crippen LogP contribution >= 0.6 is 24.8 Å². The SMILES string of the molecule is COc1ccncc1NC(=O)C1(N)CCCC1.Cl.Cl. The Morgan fingerprint density at radius 1 is 1.42 bits per heavy atom. The fraction of sp³-hybridized carbons (Fsp3) is 0.500. The summed E-state index contributed by atoms with van der Waals surface area (Å²) in [6, 6.07) is 1.70. The van der Waals surface area contributed by atoms with E-state index in [9.17, 15) is 4.79 Å². The largest absolute Gasteiger partial charge is 0.494 e. The number of pyridine rings is 1. The Balaban J connectivity index is 0.00000162. The van der Waals surface area contributed by atoms with E-state index in [1.165, 1.54) is 0 Å². The molecule has 3 N–H and O–H groups in total. The molecule has 0 spiro atoms. The molecule has 0 radical (unpaired) electrons.